The van der Waals surface area contributed by atoms with Crippen LogP contribution in [-0.2, 0) is 4.79 Å². The maximum atomic E-state index is 13.0. The molecule has 2 amide bonds. The normalized spacial score (nSPS) is 21.2. The van der Waals surface area contributed by atoms with E-state index in [1.165, 1.54) is 30.3 Å². The van der Waals surface area contributed by atoms with E-state index in [1.807, 2.05) is 0 Å². The average molecular weight is 398 g/mol. The van der Waals surface area contributed by atoms with E-state index in [0.29, 0.717) is 29.7 Å². The summed E-state index contributed by atoms with van der Waals surface area (Å²) in [7, 11) is 0. The van der Waals surface area contributed by atoms with Crippen LogP contribution in [0.15, 0.2) is 48.5 Å². The van der Waals surface area contributed by atoms with Crippen molar-refractivity contribution in [3.05, 3.63) is 65.5 Å². The Labute approximate surface area is 168 Å². The van der Waals surface area contributed by atoms with Crippen molar-refractivity contribution in [2.75, 3.05) is 5.32 Å². The second-order valence-electron chi connectivity index (χ2n) is 7.55. The van der Waals surface area contributed by atoms with E-state index in [0.717, 1.165) is 12.8 Å². The van der Waals surface area contributed by atoms with Crippen LogP contribution in [0.1, 0.15) is 53.3 Å². The number of carbonyl (C=O) groups is 3. The van der Waals surface area contributed by atoms with Gasteiger partial charge in [-0.3, -0.25) is 14.4 Å². The van der Waals surface area contributed by atoms with Crippen LogP contribution in [0.3, 0.4) is 0 Å². The van der Waals surface area contributed by atoms with Crippen molar-refractivity contribution >= 4 is 23.5 Å². The molecule has 3 rings (SSSR count). The second-order valence-corrected chi connectivity index (χ2v) is 7.55. The third kappa shape index (κ3) is 4.80. The molecular weight excluding hydrogens is 375 g/mol. The molecule has 1 fully saturated rings. The largest absolute Gasteiger partial charge is 0.481 e. The maximum Gasteiger partial charge on any atom is 0.308 e. The highest BCUT2D eigenvalue weighted by Gasteiger charge is 2.42. The number of carboxylic acids is 1. The van der Waals surface area contributed by atoms with Gasteiger partial charge >= 0.3 is 5.97 Å². The molecule has 0 radical (unpaired) electrons. The number of rotatable bonds is 5. The van der Waals surface area contributed by atoms with Gasteiger partial charge in [0.05, 0.1) is 11.5 Å². The number of carboxylic acid groups (broad SMARTS) is 1. The number of carbonyl (C=O) groups excluding carboxylic acids is 2. The van der Waals surface area contributed by atoms with Gasteiger partial charge in [0.15, 0.2) is 0 Å². The molecule has 2 aromatic rings. The first-order valence-corrected chi connectivity index (χ1v) is 9.51. The Balaban J connectivity index is 1.73. The lowest BCUT2D eigenvalue weighted by Crippen LogP contribution is -2.55. The first-order chi connectivity index (χ1) is 13.8. The first-order valence-electron chi connectivity index (χ1n) is 9.51. The highest BCUT2D eigenvalue weighted by atomic mass is 19.1. The van der Waals surface area contributed by atoms with Gasteiger partial charge in [-0.2, -0.15) is 0 Å². The van der Waals surface area contributed by atoms with Crippen molar-refractivity contribution in [1.82, 2.24) is 5.32 Å². The van der Waals surface area contributed by atoms with E-state index in [9.17, 15) is 23.9 Å². The van der Waals surface area contributed by atoms with E-state index in [1.54, 1.807) is 25.1 Å². The lowest BCUT2D eigenvalue weighted by molar-refractivity contribution is -0.145. The SMILES string of the molecule is CC1(NC(=O)c2cccc(NC(=O)c3ccc(F)cc3)c2)CCCCC1C(=O)O. The van der Waals surface area contributed by atoms with Crippen LogP contribution in [0.2, 0.25) is 0 Å². The van der Waals surface area contributed by atoms with Gasteiger partial charge in [-0.05, 0) is 62.2 Å². The van der Waals surface area contributed by atoms with Crippen molar-refractivity contribution in [1.29, 1.82) is 0 Å². The molecule has 1 aliphatic carbocycles. The van der Waals surface area contributed by atoms with Crippen LogP contribution in [0, 0.1) is 11.7 Å². The first kappa shape index (κ1) is 20.5. The van der Waals surface area contributed by atoms with Crippen LogP contribution in [0.4, 0.5) is 10.1 Å². The molecule has 1 saturated carbocycles. The molecule has 0 bridgehead atoms. The molecule has 1 aliphatic rings. The molecule has 2 aromatic carbocycles. The standard InChI is InChI=1S/C22H23FN2O4/c1-22(12-3-2-7-18(22)21(28)29)25-20(27)15-5-4-6-17(13-15)24-19(26)14-8-10-16(23)11-9-14/h4-6,8-11,13,18H,2-3,7,12H2,1H3,(H,24,26)(H,25,27)(H,28,29). The van der Waals surface area contributed by atoms with Gasteiger partial charge in [0.25, 0.3) is 11.8 Å². The number of aliphatic carboxylic acids is 1. The minimum atomic E-state index is -0.909. The number of anilines is 1. The molecule has 0 aliphatic heterocycles. The Morgan fingerprint density at radius 2 is 1.76 bits per heavy atom. The fraction of sp³-hybridized carbons (Fsp3) is 0.318. The Hall–Kier alpha value is -3.22. The van der Waals surface area contributed by atoms with E-state index >= 15 is 0 Å². The Morgan fingerprint density at radius 1 is 1.03 bits per heavy atom. The molecule has 152 valence electrons. The number of nitrogens with one attached hydrogen (secondary N) is 2. The van der Waals surface area contributed by atoms with Crippen molar-refractivity contribution in [2.24, 2.45) is 5.92 Å². The van der Waals surface area contributed by atoms with Crippen LogP contribution < -0.4 is 10.6 Å². The smallest absolute Gasteiger partial charge is 0.308 e. The number of benzene rings is 2. The molecule has 2 unspecified atom stereocenters. The number of halogens is 1. The lowest BCUT2D eigenvalue weighted by atomic mass is 9.73. The summed E-state index contributed by atoms with van der Waals surface area (Å²) < 4.78 is 13.0. The van der Waals surface area contributed by atoms with Crippen molar-refractivity contribution < 1.29 is 23.9 Å². The van der Waals surface area contributed by atoms with Crippen LogP contribution in [0.25, 0.3) is 0 Å². The number of hydrogen-bond acceptors (Lipinski definition) is 3. The fourth-order valence-electron chi connectivity index (χ4n) is 3.75. The average Bonchev–Trinajstić information content (AvgIpc) is 2.68. The van der Waals surface area contributed by atoms with Gasteiger partial charge < -0.3 is 15.7 Å². The van der Waals surface area contributed by atoms with Crippen LogP contribution >= 0.6 is 0 Å². The summed E-state index contributed by atoms with van der Waals surface area (Å²) in [6.07, 6.45) is 2.80. The highest BCUT2D eigenvalue weighted by Crippen LogP contribution is 2.34. The molecule has 0 saturated heterocycles. The third-order valence-corrected chi connectivity index (χ3v) is 5.39. The van der Waals surface area contributed by atoms with E-state index < -0.39 is 35.1 Å². The minimum Gasteiger partial charge on any atom is -0.481 e. The molecule has 3 N–H and O–H groups in total. The van der Waals surface area contributed by atoms with Gasteiger partial charge in [0.1, 0.15) is 5.82 Å². The third-order valence-electron chi connectivity index (χ3n) is 5.39. The predicted octanol–water partition coefficient (Wildman–Crippen LogP) is 3.84. The summed E-state index contributed by atoms with van der Waals surface area (Å²) in [5, 5.41) is 15.1. The van der Waals surface area contributed by atoms with E-state index in [4.69, 9.17) is 0 Å². The molecule has 0 aromatic heterocycles. The summed E-state index contributed by atoms with van der Waals surface area (Å²) in [5.74, 6) is -2.79. The van der Waals surface area contributed by atoms with E-state index in [2.05, 4.69) is 10.6 Å². The van der Waals surface area contributed by atoms with Gasteiger partial charge in [-0.25, -0.2) is 4.39 Å². The van der Waals surface area contributed by atoms with E-state index in [-0.39, 0.29) is 0 Å². The van der Waals surface area contributed by atoms with Crippen molar-refractivity contribution in [3.63, 3.8) is 0 Å². The Kier molecular flexibility index (Phi) is 5.96. The van der Waals surface area contributed by atoms with Crippen molar-refractivity contribution in [2.45, 2.75) is 38.1 Å². The summed E-state index contributed by atoms with van der Waals surface area (Å²) in [4.78, 5) is 36.7. The quantitative estimate of drug-likeness (QED) is 0.713. The number of hydrogen-bond donors (Lipinski definition) is 3. The van der Waals surface area contributed by atoms with Crippen LogP contribution in [-0.4, -0.2) is 28.4 Å². The zero-order valence-electron chi connectivity index (χ0n) is 16.1. The van der Waals surface area contributed by atoms with Gasteiger partial charge in [-0.15, -0.1) is 0 Å². The fourth-order valence-corrected chi connectivity index (χ4v) is 3.75. The molecular formula is C22H23FN2O4. The summed E-state index contributed by atoms with van der Waals surface area (Å²) >= 11 is 0. The maximum absolute atomic E-state index is 13.0. The monoisotopic (exact) mass is 398 g/mol. The van der Waals surface area contributed by atoms with Gasteiger partial charge in [-0.1, -0.05) is 18.9 Å². The Morgan fingerprint density at radius 3 is 2.45 bits per heavy atom. The zero-order valence-corrected chi connectivity index (χ0v) is 16.1. The molecule has 0 spiro atoms. The van der Waals surface area contributed by atoms with Crippen molar-refractivity contribution in [3.8, 4) is 0 Å². The van der Waals surface area contributed by atoms with Crippen LogP contribution in [0.5, 0.6) is 0 Å². The summed E-state index contributed by atoms with van der Waals surface area (Å²) in [6, 6.07) is 11.5. The highest BCUT2D eigenvalue weighted by molar-refractivity contribution is 6.05. The van der Waals surface area contributed by atoms with Gasteiger partial charge in [0.2, 0.25) is 0 Å². The molecule has 0 heterocycles. The second kappa shape index (κ2) is 8.43. The molecule has 6 nitrogen and oxygen atoms in total. The zero-order chi connectivity index (χ0) is 21.0. The predicted molar refractivity (Wildman–Crippen MR) is 106 cm³/mol. The summed E-state index contributed by atoms with van der Waals surface area (Å²) in [5.41, 5.74) is 0.197. The molecule has 7 heteroatoms. The van der Waals surface area contributed by atoms with Gasteiger partial charge in [0, 0.05) is 16.8 Å². The minimum absolute atomic E-state index is 0.292. The Bertz CT molecular complexity index is 929. The topological polar surface area (TPSA) is 95.5 Å². The lowest BCUT2D eigenvalue weighted by Gasteiger charge is -2.39. The molecule has 2 atom stereocenters. The number of amides is 2. The molecule has 29 heavy (non-hydrogen) atoms. The summed E-state index contributed by atoms with van der Waals surface area (Å²) in [6.45, 7) is 1.77.